The Morgan fingerprint density at radius 3 is 2.62 bits per heavy atom. The highest BCUT2D eigenvalue weighted by Gasteiger charge is 2.30. The Hall–Kier alpha value is -4.61. The van der Waals surface area contributed by atoms with Gasteiger partial charge in [-0.1, -0.05) is 32.6 Å². The molecule has 12 nitrogen and oxygen atoms in total. The minimum absolute atomic E-state index is 0.103. The van der Waals surface area contributed by atoms with Crippen LogP contribution in [0.5, 0.6) is 0 Å². The second-order valence-corrected chi connectivity index (χ2v) is 22.5. The number of ether oxygens (including phenoxy) is 1. The van der Waals surface area contributed by atoms with Crippen molar-refractivity contribution in [3.8, 4) is 34.4 Å². The number of likely N-dealkylation sites (tertiary alicyclic amines) is 1. The number of anilines is 1. The number of fused-ring (bicyclic) bond motifs is 1. The van der Waals surface area contributed by atoms with Crippen LogP contribution in [0.15, 0.2) is 53.7 Å². The van der Waals surface area contributed by atoms with E-state index in [2.05, 4.69) is 80.8 Å². The monoisotopic (exact) mass is 760 g/mol. The molecule has 0 spiro atoms. The van der Waals surface area contributed by atoms with Crippen molar-refractivity contribution in [3.63, 3.8) is 0 Å². The topological polar surface area (TPSA) is 122 Å². The van der Waals surface area contributed by atoms with Gasteiger partial charge in [-0.3, -0.25) is 14.3 Å². The minimum atomic E-state index is -1.31. The molecule has 1 N–H and O–H groups in total. The van der Waals surface area contributed by atoms with Crippen LogP contribution >= 0.6 is 0 Å². The smallest absolute Gasteiger partial charge is 0.280 e. The minimum Gasteiger partial charge on any atom is -0.361 e. The number of benzene rings is 1. The normalized spacial score (nSPS) is 16.5. The molecule has 13 heteroatoms. The van der Waals surface area contributed by atoms with E-state index in [1.165, 1.54) is 18.4 Å². The largest absolute Gasteiger partial charge is 0.361 e. The standard InChI is InChI=1S/C42H56N10O2Si/c1-29-9-8-15-50(24-29)25-33-22-35-37(31-11-12-31)26-51(42(53)40(35)52(33)28-54-17-18-55(5,6)7)39-21-32(20-38(46-39)48(3)16-14-44-2)34-13-10-30(23-43)19-36(34)41-47-45-27-49(41)4/h10,13,19-22,26-27,29,31,44H,8-9,11-12,14-18,24-25,28H2,1-7H3/t29-/m0/s1. The lowest BCUT2D eigenvalue weighted by atomic mass is 9.97. The zero-order valence-electron chi connectivity index (χ0n) is 33.6. The molecule has 1 saturated heterocycles. The second-order valence-electron chi connectivity index (χ2n) is 16.9. The van der Waals surface area contributed by atoms with Gasteiger partial charge in [0.2, 0.25) is 0 Å². The highest BCUT2D eigenvalue weighted by atomic mass is 28.3. The summed E-state index contributed by atoms with van der Waals surface area (Å²) >= 11 is 0. The van der Waals surface area contributed by atoms with Crippen molar-refractivity contribution in [1.29, 1.82) is 5.26 Å². The van der Waals surface area contributed by atoms with Gasteiger partial charge >= 0.3 is 0 Å². The van der Waals surface area contributed by atoms with Gasteiger partial charge in [0.1, 0.15) is 30.2 Å². The quantitative estimate of drug-likeness (QED) is 0.0930. The summed E-state index contributed by atoms with van der Waals surface area (Å²) in [6, 6.07) is 15.3. The number of nitrogens with zero attached hydrogens (tertiary/aromatic N) is 9. The van der Waals surface area contributed by atoms with Crippen molar-refractivity contribution >= 4 is 24.8 Å². The van der Waals surface area contributed by atoms with Gasteiger partial charge in [-0.15, -0.1) is 10.2 Å². The van der Waals surface area contributed by atoms with E-state index < -0.39 is 8.07 Å². The third-order valence-electron chi connectivity index (χ3n) is 11.1. The molecule has 1 atom stereocenters. The molecule has 7 rings (SSSR count). The van der Waals surface area contributed by atoms with Crippen molar-refractivity contribution in [2.24, 2.45) is 13.0 Å². The highest BCUT2D eigenvalue weighted by molar-refractivity contribution is 6.76. The number of pyridine rings is 2. The Balaban J connectivity index is 1.41. The van der Waals surface area contributed by atoms with Crippen molar-refractivity contribution in [1.82, 2.24) is 39.1 Å². The van der Waals surface area contributed by atoms with Gasteiger partial charge in [0.25, 0.3) is 5.56 Å². The molecule has 0 radical (unpaired) electrons. The fourth-order valence-electron chi connectivity index (χ4n) is 7.74. The fourth-order valence-corrected chi connectivity index (χ4v) is 8.50. The number of likely N-dealkylation sites (N-methyl/N-ethyl adjacent to an activating group) is 2. The van der Waals surface area contributed by atoms with Crippen molar-refractivity contribution in [2.75, 3.05) is 51.8 Å². The lowest BCUT2D eigenvalue weighted by Crippen LogP contribution is -2.34. The molecule has 0 unspecified atom stereocenters. The molecule has 0 bridgehead atoms. The number of rotatable bonds is 15. The van der Waals surface area contributed by atoms with Gasteiger partial charge in [0, 0.05) is 77.8 Å². The Labute approximate surface area is 325 Å². The number of nitrogens with one attached hydrogen (secondary N) is 1. The van der Waals surface area contributed by atoms with Crippen LogP contribution in [0.25, 0.3) is 39.2 Å². The van der Waals surface area contributed by atoms with Crippen LogP contribution in [0.4, 0.5) is 5.82 Å². The maximum atomic E-state index is 15.1. The molecule has 2 fully saturated rings. The van der Waals surface area contributed by atoms with E-state index in [4.69, 9.17) is 9.72 Å². The Bertz CT molecular complexity index is 2260. The summed E-state index contributed by atoms with van der Waals surface area (Å²) in [4.78, 5) is 25.0. The van der Waals surface area contributed by atoms with Crippen molar-refractivity contribution in [2.45, 2.75) is 77.5 Å². The molecule has 1 aliphatic carbocycles. The van der Waals surface area contributed by atoms with Crippen LogP contribution in [0.1, 0.15) is 55.3 Å². The van der Waals surface area contributed by atoms with Crippen LogP contribution in [0, 0.1) is 17.2 Å². The first-order chi connectivity index (χ1) is 26.4. The van der Waals surface area contributed by atoms with E-state index in [0.29, 0.717) is 54.4 Å². The third-order valence-corrected chi connectivity index (χ3v) is 12.8. The van der Waals surface area contributed by atoms with Crippen LogP contribution in [-0.2, 0) is 25.1 Å². The summed E-state index contributed by atoms with van der Waals surface area (Å²) in [7, 11) is 4.55. The molecule has 55 heavy (non-hydrogen) atoms. The SMILES string of the molecule is CNCCN(C)c1cc(-c2ccc(C#N)cc2-c2nncn2C)cc(-n2cc(C3CC3)c3cc(CN4CCC[C@H](C)C4)n(COCC[Si](C)(C)C)c3c2=O)n1. The van der Waals surface area contributed by atoms with Crippen LogP contribution in [0.3, 0.4) is 0 Å². The van der Waals surface area contributed by atoms with Crippen LogP contribution < -0.4 is 15.8 Å². The summed E-state index contributed by atoms with van der Waals surface area (Å²) in [5, 5.41) is 22.7. The lowest BCUT2D eigenvalue weighted by Gasteiger charge is -2.31. The molecule has 1 saturated carbocycles. The van der Waals surface area contributed by atoms with Crippen LogP contribution in [-0.4, -0.2) is 88.7 Å². The maximum Gasteiger partial charge on any atom is 0.280 e. The number of aromatic nitrogens is 6. The van der Waals surface area contributed by atoms with Gasteiger partial charge in [-0.05, 0) is 104 Å². The molecular weight excluding hydrogens is 705 g/mol. The molecule has 1 aromatic carbocycles. The summed E-state index contributed by atoms with van der Waals surface area (Å²) < 4.78 is 12.2. The van der Waals surface area contributed by atoms with Gasteiger partial charge in [0.15, 0.2) is 5.82 Å². The second kappa shape index (κ2) is 16.2. The van der Waals surface area contributed by atoms with Crippen molar-refractivity contribution in [3.05, 3.63) is 76.1 Å². The molecule has 2 aliphatic rings. The van der Waals surface area contributed by atoms with Gasteiger partial charge in [-0.25, -0.2) is 4.98 Å². The van der Waals surface area contributed by atoms with Crippen LogP contribution in [0.2, 0.25) is 25.7 Å². The van der Waals surface area contributed by atoms with E-state index in [0.717, 1.165) is 78.7 Å². The fraction of sp³-hybridized carbons (Fsp3) is 0.500. The molecule has 5 heterocycles. The van der Waals surface area contributed by atoms with Gasteiger partial charge in [-0.2, -0.15) is 5.26 Å². The van der Waals surface area contributed by atoms with E-state index in [1.54, 1.807) is 10.9 Å². The molecule has 5 aromatic rings. The zero-order chi connectivity index (χ0) is 38.9. The number of hydrogen-bond acceptors (Lipinski definition) is 9. The number of aryl methyl sites for hydroxylation is 1. The first-order valence-corrected chi connectivity index (χ1v) is 23.5. The van der Waals surface area contributed by atoms with Gasteiger partial charge in [0.05, 0.1) is 11.6 Å². The molecule has 4 aromatic heterocycles. The predicted molar refractivity (Wildman–Crippen MR) is 222 cm³/mol. The van der Waals surface area contributed by atoms with Crippen molar-refractivity contribution < 1.29 is 4.74 Å². The maximum absolute atomic E-state index is 15.1. The molecule has 1 aliphatic heterocycles. The Morgan fingerprint density at radius 1 is 1.11 bits per heavy atom. The van der Waals surface area contributed by atoms with E-state index in [-0.39, 0.29) is 5.56 Å². The first kappa shape index (κ1) is 38.7. The molecule has 0 amide bonds. The zero-order valence-corrected chi connectivity index (χ0v) is 34.6. The Morgan fingerprint density at radius 2 is 1.93 bits per heavy atom. The molecular formula is C42H56N10O2Si. The summed E-state index contributed by atoms with van der Waals surface area (Å²) in [5.41, 5.74) is 5.96. The third kappa shape index (κ3) is 8.63. The summed E-state index contributed by atoms with van der Waals surface area (Å²) in [6.45, 7) is 14.8. The Kier molecular flexibility index (Phi) is 11.4. The average Bonchev–Trinajstić information content (AvgIpc) is 3.82. The number of hydrogen-bond donors (Lipinski definition) is 1. The number of nitriles is 1. The van der Waals surface area contributed by atoms with E-state index >= 15 is 4.79 Å². The summed E-state index contributed by atoms with van der Waals surface area (Å²) in [5.74, 6) is 2.98. The van der Waals surface area contributed by atoms with E-state index in [9.17, 15) is 5.26 Å². The average molecular weight is 761 g/mol. The lowest BCUT2D eigenvalue weighted by molar-refractivity contribution is 0.0848. The van der Waals surface area contributed by atoms with Gasteiger partial charge < -0.3 is 24.1 Å². The number of piperidine rings is 1. The molecule has 290 valence electrons. The predicted octanol–water partition coefficient (Wildman–Crippen LogP) is 6.60. The van der Waals surface area contributed by atoms with E-state index in [1.807, 2.05) is 50.0 Å². The summed E-state index contributed by atoms with van der Waals surface area (Å²) in [6.07, 6.45) is 8.36. The highest BCUT2D eigenvalue weighted by Crippen LogP contribution is 2.44. The first-order valence-electron chi connectivity index (χ1n) is 19.8.